The van der Waals surface area contributed by atoms with Crippen molar-refractivity contribution in [1.29, 1.82) is 0 Å². The summed E-state index contributed by atoms with van der Waals surface area (Å²) in [6.07, 6.45) is 2.91. The Morgan fingerprint density at radius 2 is 2.24 bits per heavy atom. The molecule has 5 heteroatoms. The third kappa shape index (κ3) is 3.47. The van der Waals surface area contributed by atoms with Crippen LogP contribution in [0.4, 0.5) is 0 Å². The number of thiophene rings is 1. The molecular weight excluding hydrogens is 366 g/mol. The van der Waals surface area contributed by atoms with E-state index in [2.05, 4.69) is 36.8 Å². The van der Waals surface area contributed by atoms with Crippen LogP contribution in [0.1, 0.15) is 21.8 Å². The molecule has 2 nitrogen and oxygen atoms in total. The molecule has 0 unspecified atom stereocenters. The minimum Gasteiger partial charge on any atom is -0.292 e. The van der Waals surface area contributed by atoms with Crippen LogP contribution < -0.4 is 0 Å². The minimum absolute atomic E-state index is 0.0674. The first-order valence-corrected chi connectivity index (χ1v) is 7.50. The van der Waals surface area contributed by atoms with Crippen LogP contribution in [0.3, 0.4) is 0 Å². The van der Waals surface area contributed by atoms with E-state index in [0.29, 0.717) is 12.1 Å². The molecule has 0 aliphatic carbocycles. The molecule has 0 N–H and O–H groups in total. The van der Waals surface area contributed by atoms with E-state index in [9.17, 15) is 4.79 Å². The number of aryl methyl sites for hydroxylation is 1. The van der Waals surface area contributed by atoms with E-state index in [1.165, 1.54) is 4.88 Å². The monoisotopic (exact) mass is 373 g/mol. The smallest absolute Gasteiger partial charge is 0.182 e. The Kier molecular flexibility index (Phi) is 4.48. The van der Waals surface area contributed by atoms with Crippen molar-refractivity contribution in [3.05, 3.63) is 49.3 Å². The summed E-state index contributed by atoms with van der Waals surface area (Å²) in [4.78, 5) is 17.3. The van der Waals surface area contributed by atoms with E-state index in [0.717, 1.165) is 15.4 Å². The van der Waals surface area contributed by atoms with Crippen molar-refractivity contribution in [3.63, 3.8) is 0 Å². The lowest BCUT2D eigenvalue weighted by molar-refractivity contribution is 0.0977. The van der Waals surface area contributed by atoms with E-state index in [1.54, 1.807) is 17.5 Å². The Hall–Kier alpha value is -0.520. The molecule has 88 valence electrons. The fraction of sp³-hybridized carbons (Fsp3) is 0.167. The van der Waals surface area contributed by atoms with E-state index >= 15 is 0 Å². The number of rotatable bonds is 4. The molecule has 2 aromatic rings. The molecule has 0 bridgehead atoms. The lowest BCUT2D eigenvalue weighted by atomic mass is 10.1. The number of aromatic nitrogens is 1. The van der Waals surface area contributed by atoms with Gasteiger partial charge in [-0.25, -0.2) is 0 Å². The molecule has 0 aliphatic heterocycles. The van der Waals surface area contributed by atoms with Gasteiger partial charge in [0.15, 0.2) is 5.78 Å². The molecule has 2 rings (SSSR count). The number of nitrogens with zero attached hydrogens (tertiary/aromatic N) is 1. The standard InChI is InChI=1S/C12H9Br2NOS/c13-8-6-10(14)12(15-7-8)11(16)4-3-9-2-1-5-17-9/h1-2,5-7H,3-4H2. The van der Waals surface area contributed by atoms with Crippen LogP contribution >= 0.6 is 43.2 Å². The average molecular weight is 375 g/mol. The van der Waals surface area contributed by atoms with Crippen molar-refractivity contribution in [2.75, 3.05) is 0 Å². The van der Waals surface area contributed by atoms with Crippen LogP contribution in [0.2, 0.25) is 0 Å². The van der Waals surface area contributed by atoms with Crippen LogP contribution in [0, 0.1) is 0 Å². The largest absolute Gasteiger partial charge is 0.292 e. The lowest BCUT2D eigenvalue weighted by Crippen LogP contribution is -2.04. The van der Waals surface area contributed by atoms with Gasteiger partial charge in [-0.2, -0.15) is 0 Å². The van der Waals surface area contributed by atoms with Gasteiger partial charge >= 0.3 is 0 Å². The zero-order valence-corrected chi connectivity index (χ0v) is 12.8. The van der Waals surface area contributed by atoms with Crippen molar-refractivity contribution in [1.82, 2.24) is 4.98 Å². The first-order valence-electron chi connectivity index (χ1n) is 5.03. The lowest BCUT2D eigenvalue weighted by Gasteiger charge is -2.02. The Morgan fingerprint density at radius 3 is 2.88 bits per heavy atom. The summed E-state index contributed by atoms with van der Waals surface area (Å²) in [5.41, 5.74) is 0.504. The average Bonchev–Trinajstić information content (AvgIpc) is 2.78. The molecule has 0 atom stereocenters. The van der Waals surface area contributed by atoms with Gasteiger partial charge < -0.3 is 0 Å². The molecule has 2 heterocycles. The quantitative estimate of drug-likeness (QED) is 0.738. The highest BCUT2D eigenvalue weighted by atomic mass is 79.9. The van der Waals surface area contributed by atoms with Crippen LogP contribution in [0.15, 0.2) is 38.7 Å². The predicted octanol–water partition coefficient (Wildman–Crippen LogP) is 4.48. The van der Waals surface area contributed by atoms with Gasteiger partial charge in [0.05, 0.1) is 0 Å². The number of carbonyl (C=O) groups is 1. The maximum Gasteiger partial charge on any atom is 0.182 e. The van der Waals surface area contributed by atoms with Gasteiger partial charge in [0.1, 0.15) is 5.69 Å². The molecule has 0 spiro atoms. The third-order valence-electron chi connectivity index (χ3n) is 2.25. The molecule has 0 radical (unpaired) electrons. The topological polar surface area (TPSA) is 30.0 Å². The number of ketones is 1. The van der Waals surface area contributed by atoms with E-state index in [-0.39, 0.29) is 5.78 Å². The zero-order valence-electron chi connectivity index (χ0n) is 8.82. The van der Waals surface area contributed by atoms with Crippen molar-refractivity contribution >= 4 is 49.0 Å². The fourth-order valence-corrected chi connectivity index (χ4v) is 3.35. The highest BCUT2D eigenvalue weighted by Crippen LogP contribution is 2.21. The predicted molar refractivity (Wildman–Crippen MR) is 76.6 cm³/mol. The maximum absolute atomic E-state index is 12.0. The molecule has 0 aromatic carbocycles. The Bertz CT molecular complexity index is 525. The third-order valence-corrected chi connectivity index (χ3v) is 4.22. The van der Waals surface area contributed by atoms with Gasteiger partial charge in [0, 0.05) is 26.4 Å². The second kappa shape index (κ2) is 5.89. The number of hydrogen-bond donors (Lipinski definition) is 0. The van der Waals surface area contributed by atoms with Gasteiger partial charge in [0.25, 0.3) is 0 Å². The second-order valence-electron chi connectivity index (χ2n) is 3.49. The van der Waals surface area contributed by atoms with Crippen molar-refractivity contribution in [2.24, 2.45) is 0 Å². The van der Waals surface area contributed by atoms with Crippen LogP contribution in [0.25, 0.3) is 0 Å². The fourth-order valence-electron chi connectivity index (χ4n) is 1.43. The highest BCUT2D eigenvalue weighted by Gasteiger charge is 2.12. The van der Waals surface area contributed by atoms with E-state index in [1.807, 2.05) is 23.6 Å². The first-order chi connectivity index (χ1) is 8.16. The van der Waals surface area contributed by atoms with Gasteiger partial charge in [-0.15, -0.1) is 11.3 Å². The summed E-state index contributed by atoms with van der Waals surface area (Å²) in [7, 11) is 0. The minimum atomic E-state index is 0.0674. The maximum atomic E-state index is 12.0. The Labute approximate surface area is 120 Å². The van der Waals surface area contributed by atoms with Gasteiger partial charge in [-0.1, -0.05) is 6.07 Å². The molecule has 0 saturated carbocycles. The second-order valence-corrected chi connectivity index (χ2v) is 6.29. The molecule has 0 fully saturated rings. The molecular formula is C12H9Br2NOS. The first kappa shape index (κ1) is 12.9. The summed E-state index contributed by atoms with van der Waals surface area (Å²) >= 11 is 8.34. The van der Waals surface area contributed by atoms with Crippen molar-refractivity contribution in [2.45, 2.75) is 12.8 Å². The summed E-state index contributed by atoms with van der Waals surface area (Å²) in [6, 6.07) is 5.88. The highest BCUT2D eigenvalue weighted by molar-refractivity contribution is 9.11. The van der Waals surface area contributed by atoms with Gasteiger partial charge in [-0.05, 0) is 55.8 Å². The molecule has 0 aliphatic rings. The Balaban J connectivity index is 2.04. The molecule has 0 saturated heterocycles. The zero-order chi connectivity index (χ0) is 12.3. The van der Waals surface area contributed by atoms with Crippen LogP contribution in [-0.4, -0.2) is 10.8 Å². The van der Waals surface area contributed by atoms with Crippen LogP contribution in [-0.2, 0) is 6.42 Å². The van der Waals surface area contributed by atoms with Crippen molar-refractivity contribution in [3.8, 4) is 0 Å². The SMILES string of the molecule is O=C(CCc1cccs1)c1ncc(Br)cc1Br. The molecule has 17 heavy (non-hydrogen) atoms. The number of halogens is 2. The van der Waals surface area contributed by atoms with Crippen LogP contribution in [0.5, 0.6) is 0 Å². The number of Topliss-reactive ketones (excluding diaryl/α,β-unsaturated/α-hetero) is 1. The number of hydrogen-bond acceptors (Lipinski definition) is 3. The molecule has 0 amide bonds. The van der Waals surface area contributed by atoms with Gasteiger partial charge in [-0.3, -0.25) is 9.78 Å². The van der Waals surface area contributed by atoms with Gasteiger partial charge in [0.2, 0.25) is 0 Å². The summed E-state index contributed by atoms with van der Waals surface area (Å²) in [5.74, 6) is 0.0674. The van der Waals surface area contributed by atoms with E-state index in [4.69, 9.17) is 0 Å². The van der Waals surface area contributed by atoms with E-state index < -0.39 is 0 Å². The van der Waals surface area contributed by atoms with Crippen molar-refractivity contribution < 1.29 is 4.79 Å². The number of pyridine rings is 1. The Morgan fingerprint density at radius 1 is 1.41 bits per heavy atom. The normalized spacial score (nSPS) is 10.5. The summed E-state index contributed by atoms with van der Waals surface area (Å²) < 4.78 is 1.60. The summed E-state index contributed by atoms with van der Waals surface area (Å²) in [5, 5.41) is 2.02. The molecule has 2 aromatic heterocycles. The summed E-state index contributed by atoms with van der Waals surface area (Å²) in [6.45, 7) is 0. The number of carbonyl (C=O) groups excluding carboxylic acids is 1.